The van der Waals surface area contributed by atoms with Crippen LogP contribution in [0.5, 0.6) is 0 Å². The van der Waals surface area contributed by atoms with E-state index in [9.17, 15) is 4.79 Å². The maximum absolute atomic E-state index is 12.4. The number of aromatic nitrogens is 1. The summed E-state index contributed by atoms with van der Waals surface area (Å²) in [5.74, 6) is 0.518. The highest BCUT2D eigenvalue weighted by atomic mass is 32.1. The molecule has 3 nitrogen and oxygen atoms in total. The Bertz CT molecular complexity index is 400. The van der Waals surface area contributed by atoms with E-state index < -0.39 is 0 Å². The average Bonchev–Trinajstić information content (AvgIpc) is 2.93. The van der Waals surface area contributed by atoms with E-state index in [-0.39, 0.29) is 5.92 Å². The number of carbonyl (C=O) groups excluding carboxylic acids is 1. The molecule has 1 aliphatic rings. The van der Waals surface area contributed by atoms with Crippen molar-refractivity contribution in [2.45, 2.75) is 32.6 Å². The van der Waals surface area contributed by atoms with Crippen LogP contribution >= 0.6 is 11.3 Å². The van der Waals surface area contributed by atoms with Crippen molar-refractivity contribution in [2.24, 2.45) is 5.92 Å². The third kappa shape index (κ3) is 3.42. The number of nitrogens with zero attached hydrogens (tertiary/aromatic N) is 2. The fourth-order valence-electron chi connectivity index (χ4n) is 2.31. The summed E-state index contributed by atoms with van der Waals surface area (Å²) in [5.41, 5.74) is 0. The Labute approximate surface area is 113 Å². The van der Waals surface area contributed by atoms with Gasteiger partial charge in [0.05, 0.1) is 5.01 Å². The molecule has 98 valence electrons. The fraction of sp³-hybridized carbons (Fsp3) is 0.571. The van der Waals surface area contributed by atoms with Crippen LogP contribution in [0.15, 0.2) is 23.7 Å². The van der Waals surface area contributed by atoms with E-state index in [1.54, 1.807) is 11.3 Å². The number of hydrogen-bond donors (Lipinski definition) is 0. The first kappa shape index (κ1) is 13.3. The van der Waals surface area contributed by atoms with Gasteiger partial charge in [-0.15, -0.1) is 11.3 Å². The lowest BCUT2D eigenvalue weighted by Crippen LogP contribution is -2.37. The van der Waals surface area contributed by atoms with Crippen LogP contribution in [0.1, 0.15) is 31.2 Å². The molecule has 1 atom stereocenters. The zero-order chi connectivity index (χ0) is 12.8. The maximum Gasteiger partial charge on any atom is 0.226 e. The van der Waals surface area contributed by atoms with Crippen LogP contribution in [-0.2, 0) is 11.2 Å². The van der Waals surface area contributed by atoms with Gasteiger partial charge in [-0.3, -0.25) is 4.79 Å². The Balaban J connectivity index is 1.87. The highest BCUT2D eigenvalue weighted by Crippen LogP contribution is 2.20. The lowest BCUT2D eigenvalue weighted by molar-refractivity contribution is -0.135. The number of carbonyl (C=O) groups is 1. The molecule has 0 bridgehead atoms. The van der Waals surface area contributed by atoms with Gasteiger partial charge >= 0.3 is 0 Å². The number of rotatable bonds is 5. The first-order valence-electron chi connectivity index (χ1n) is 6.63. The minimum atomic E-state index is 0.200. The Morgan fingerprint density at radius 1 is 1.56 bits per heavy atom. The number of allylic oxidation sites excluding steroid dienone is 2. The van der Waals surface area contributed by atoms with Crippen LogP contribution in [0.3, 0.4) is 0 Å². The molecule has 1 aliphatic carbocycles. The molecule has 18 heavy (non-hydrogen) atoms. The summed E-state index contributed by atoms with van der Waals surface area (Å²) in [6.07, 6.45) is 9.97. The van der Waals surface area contributed by atoms with E-state index in [2.05, 4.69) is 24.1 Å². The summed E-state index contributed by atoms with van der Waals surface area (Å²) >= 11 is 1.66. The second kappa shape index (κ2) is 6.69. The molecule has 0 radical (unpaired) electrons. The van der Waals surface area contributed by atoms with Crippen LogP contribution in [0.4, 0.5) is 0 Å². The van der Waals surface area contributed by atoms with Gasteiger partial charge in [0.1, 0.15) is 0 Å². The van der Waals surface area contributed by atoms with Crippen molar-refractivity contribution < 1.29 is 4.79 Å². The van der Waals surface area contributed by atoms with Gasteiger partial charge < -0.3 is 4.90 Å². The quantitative estimate of drug-likeness (QED) is 0.766. The van der Waals surface area contributed by atoms with Crippen molar-refractivity contribution in [3.05, 3.63) is 28.7 Å². The molecule has 1 aromatic rings. The normalized spacial score (nSPS) is 18.8. The van der Waals surface area contributed by atoms with Crippen molar-refractivity contribution in [2.75, 3.05) is 13.1 Å². The summed E-state index contributed by atoms with van der Waals surface area (Å²) in [6, 6.07) is 0. The summed E-state index contributed by atoms with van der Waals surface area (Å²) in [7, 11) is 0. The van der Waals surface area contributed by atoms with Crippen molar-refractivity contribution in [1.82, 2.24) is 9.88 Å². The lowest BCUT2D eigenvalue weighted by Gasteiger charge is -2.26. The molecule has 1 amide bonds. The van der Waals surface area contributed by atoms with Gasteiger partial charge in [-0.2, -0.15) is 0 Å². The van der Waals surface area contributed by atoms with Gasteiger partial charge in [0.25, 0.3) is 0 Å². The number of hydrogen-bond acceptors (Lipinski definition) is 3. The Hall–Kier alpha value is -1.16. The second-order valence-corrected chi connectivity index (χ2v) is 5.55. The van der Waals surface area contributed by atoms with E-state index in [0.717, 1.165) is 43.8 Å². The number of amides is 1. The summed E-state index contributed by atoms with van der Waals surface area (Å²) < 4.78 is 0. The first-order valence-corrected chi connectivity index (χ1v) is 7.51. The van der Waals surface area contributed by atoms with Crippen LogP contribution in [0.2, 0.25) is 0 Å². The predicted octanol–water partition coefficient (Wildman–Crippen LogP) is 2.89. The zero-order valence-electron chi connectivity index (χ0n) is 10.8. The average molecular weight is 264 g/mol. The Morgan fingerprint density at radius 3 is 3.06 bits per heavy atom. The van der Waals surface area contributed by atoms with Gasteiger partial charge in [-0.25, -0.2) is 4.98 Å². The summed E-state index contributed by atoms with van der Waals surface area (Å²) in [4.78, 5) is 18.6. The third-order valence-corrected chi connectivity index (χ3v) is 4.23. The van der Waals surface area contributed by atoms with Crippen molar-refractivity contribution in [1.29, 1.82) is 0 Å². The van der Waals surface area contributed by atoms with Gasteiger partial charge in [-0.05, 0) is 26.2 Å². The zero-order valence-corrected chi connectivity index (χ0v) is 11.7. The highest BCUT2D eigenvalue weighted by molar-refractivity contribution is 7.09. The minimum Gasteiger partial charge on any atom is -0.342 e. The van der Waals surface area contributed by atoms with Crippen LogP contribution < -0.4 is 0 Å². The topological polar surface area (TPSA) is 33.2 Å². The summed E-state index contributed by atoms with van der Waals surface area (Å²) in [5, 5.41) is 3.10. The maximum atomic E-state index is 12.4. The number of likely N-dealkylation sites (N-methyl/N-ethyl adjacent to an activating group) is 1. The molecule has 4 heteroatoms. The van der Waals surface area contributed by atoms with Crippen molar-refractivity contribution >= 4 is 17.2 Å². The van der Waals surface area contributed by atoms with Crippen LogP contribution in [-0.4, -0.2) is 28.9 Å². The van der Waals surface area contributed by atoms with Gasteiger partial charge in [0.2, 0.25) is 5.91 Å². The SMILES string of the molecule is CCN(CCc1nccs1)C(=O)[C@H]1CC=CCC1. The molecule has 0 aliphatic heterocycles. The van der Waals surface area contributed by atoms with E-state index in [0.29, 0.717) is 5.91 Å². The summed E-state index contributed by atoms with van der Waals surface area (Å²) in [6.45, 7) is 3.64. The Morgan fingerprint density at radius 2 is 2.44 bits per heavy atom. The molecular formula is C14H20N2OS. The largest absolute Gasteiger partial charge is 0.342 e. The van der Waals surface area contributed by atoms with Gasteiger partial charge in [-0.1, -0.05) is 12.2 Å². The predicted molar refractivity (Wildman–Crippen MR) is 74.6 cm³/mol. The monoisotopic (exact) mass is 264 g/mol. The van der Waals surface area contributed by atoms with Crippen molar-refractivity contribution in [3.63, 3.8) is 0 Å². The highest BCUT2D eigenvalue weighted by Gasteiger charge is 2.23. The molecule has 0 N–H and O–H groups in total. The molecule has 0 saturated heterocycles. The van der Waals surface area contributed by atoms with E-state index >= 15 is 0 Å². The van der Waals surface area contributed by atoms with E-state index in [1.165, 1.54) is 0 Å². The Kier molecular flexibility index (Phi) is 4.93. The van der Waals surface area contributed by atoms with Crippen molar-refractivity contribution in [3.8, 4) is 0 Å². The molecule has 0 fully saturated rings. The fourth-order valence-corrected chi connectivity index (χ4v) is 2.92. The van der Waals surface area contributed by atoms with Gasteiger partial charge in [0.15, 0.2) is 0 Å². The standard InChI is InChI=1S/C14H20N2OS/c1-2-16(10-8-13-15-9-11-18-13)14(17)12-6-4-3-5-7-12/h3-4,9,11-12H,2,5-8,10H2,1H3/t12-/m0/s1. The molecule has 0 saturated carbocycles. The molecule has 0 unspecified atom stereocenters. The van der Waals surface area contributed by atoms with Gasteiger partial charge in [0, 0.05) is 37.0 Å². The van der Waals surface area contributed by atoms with Crippen LogP contribution in [0, 0.1) is 5.92 Å². The number of thiazole rings is 1. The first-order chi connectivity index (χ1) is 8.81. The molecular weight excluding hydrogens is 244 g/mol. The van der Waals surface area contributed by atoms with E-state index in [1.807, 2.05) is 16.5 Å². The van der Waals surface area contributed by atoms with Crippen LogP contribution in [0.25, 0.3) is 0 Å². The lowest BCUT2D eigenvalue weighted by atomic mass is 9.93. The molecule has 0 aromatic carbocycles. The molecule has 2 rings (SSSR count). The second-order valence-electron chi connectivity index (χ2n) is 4.58. The smallest absolute Gasteiger partial charge is 0.226 e. The molecule has 1 heterocycles. The molecule has 0 spiro atoms. The third-order valence-electron chi connectivity index (χ3n) is 3.39. The minimum absolute atomic E-state index is 0.200. The van der Waals surface area contributed by atoms with E-state index in [4.69, 9.17) is 0 Å². The molecule has 1 aromatic heterocycles.